The summed E-state index contributed by atoms with van der Waals surface area (Å²) in [5.74, 6) is -2.28. The van der Waals surface area contributed by atoms with Crippen LogP contribution in [-0.2, 0) is 29.9 Å². The van der Waals surface area contributed by atoms with E-state index < -0.39 is 49.7 Å². The summed E-state index contributed by atoms with van der Waals surface area (Å²) in [6.07, 6.45) is -1.43. The summed E-state index contributed by atoms with van der Waals surface area (Å²) in [5, 5.41) is 14.4. The number of aromatic nitrogens is 3. The first kappa shape index (κ1) is 25.7. The molecule has 2 fully saturated rings. The fourth-order valence-corrected chi connectivity index (χ4v) is 5.29. The summed E-state index contributed by atoms with van der Waals surface area (Å²) in [6.45, 7) is 14.0. The van der Waals surface area contributed by atoms with Gasteiger partial charge in [-0.2, -0.15) is 10.4 Å². The molecular weight excluding hydrogens is 473 g/mol. The van der Waals surface area contributed by atoms with Gasteiger partial charge in [-0.1, -0.05) is 20.8 Å². The zero-order valence-corrected chi connectivity index (χ0v) is 22.1. The molecule has 0 aliphatic carbocycles. The number of nitrogens with zero attached hydrogens (tertiary/aromatic N) is 4. The molecule has 2 aromatic heterocycles. The van der Waals surface area contributed by atoms with Crippen LogP contribution in [0.3, 0.4) is 0 Å². The Labute approximate surface area is 204 Å². The molecule has 4 rings (SSSR count). The second-order valence-electron chi connectivity index (χ2n) is 11.1. The van der Waals surface area contributed by atoms with Crippen LogP contribution in [0.5, 0.6) is 0 Å². The molecule has 0 bridgehead atoms. The van der Waals surface area contributed by atoms with Gasteiger partial charge in [0.25, 0.3) is 0 Å². The lowest BCUT2D eigenvalue weighted by Gasteiger charge is -2.39. The molecule has 0 aromatic carbocycles. The van der Waals surface area contributed by atoms with Gasteiger partial charge in [-0.15, -0.1) is 0 Å². The number of nitriles is 1. The van der Waals surface area contributed by atoms with Crippen LogP contribution in [0.15, 0.2) is 12.4 Å². The Hall–Kier alpha value is -2.43. The fraction of sp³-hybridized carbons (Fsp3) is 0.652. The minimum atomic E-state index is -2.24. The van der Waals surface area contributed by atoms with Crippen LogP contribution in [0.1, 0.15) is 52.1 Å². The normalized spacial score (nSPS) is 28.3. The summed E-state index contributed by atoms with van der Waals surface area (Å²) in [4.78, 5) is 15.5. The lowest BCUT2D eigenvalue weighted by Crippen LogP contribution is -2.51. The summed E-state index contributed by atoms with van der Waals surface area (Å²) < 4.78 is 41.5. The van der Waals surface area contributed by atoms with Gasteiger partial charge in [-0.05, 0) is 32.0 Å². The lowest BCUT2D eigenvalue weighted by atomic mass is 9.96. The maximum absolute atomic E-state index is 15.1. The van der Waals surface area contributed by atoms with E-state index in [-0.39, 0.29) is 29.3 Å². The highest BCUT2D eigenvalue weighted by Gasteiger charge is 2.65. The van der Waals surface area contributed by atoms with Crippen molar-refractivity contribution in [1.82, 2.24) is 14.6 Å². The SMILES string of the molecule is CC1(C)O[C@H]2[C@H](c3cc(F)c4c(CC(N)=O)ncnn34)O[C@](C#N)(CO[Si](C)(C)C(C)(C)C)[C@H]2O1. The van der Waals surface area contributed by atoms with Gasteiger partial charge in [-0.3, -0.25) is 4.79 Å². The van der Waals surface area contributed by atoms with E-state index >= 15 is 4.39 Å². The highest BCUT2D eigenvalue weighted by atomic mass is 28.4. The van der Waals surface area contributed by atoms with E-state index in [4.69, 9.17) is 24.4 Å². The van der Waals surface area contributed by atoms with E-state index in [9.17, 15) is 10.1 Å². The Kier molecular flexibility index (Phi) is 6.09. The summed E-state index contributed by atoms with van der Waals surface area (Å²) in [7, 11) is -2.24. The topological polar surface area (TPSA) is 134 Å². The van der Waals surface area contributed by atoms with Crippen molar-refractivity contribution in [2.24, 2.45) is 5.73 Å². The number of amides is 1. The number of hydrogen-bond donors (Lipinski definition) is 1. The van der Waals surface area contributed by atoms with Crippen LogP contribution in [0.25, 0.3) is 5.52 Å². The van der Waals surface area contributed by atoms with Crippen LogP contribution in [0.2, 0.25) is 18.1 Å². The predicted octanol–water partition coefficient (Wildman–Crippen LogP) is 2.77. The first-order valence-electron chi connectivity index (χ1n) is 11.5. The average molecular weight is 506 g/mol. The maximum Gasteiger partial charge on any atom is 0.223 e. The summed E-state index contributed by atoms with van der Waals surface area (Å²) in [5.41, 5.74) is 4.31. The van der Waals surface area contributed by atoms with Crippen molar-refractivity contribution in [3.8, 4) is 6.07 Å². The standard InChI is InChI=1S/C23H32FN5O5Si/c1-21(2,3)35(6,7)31-11-23(10-25)20-19(32-22(4,5)34-20)18(33-23)15-8-13(24)17-14(9-16(26)30)27-12-28-29(15)17/h8,12,18-20H,9,11H2,1-7H3,(H2,26,30)/t18-,19-,20-,23+/m0/s1. The average Bonchev–Trinajstić information content (AvgIpc) is 3.33. The van der Waals surface area contributed by atoms with Gasteiger partial charge in [0.2, 0.25) is 11.5 Å². The number of fused-ring (bicyclic) bond motifs is 2. The molecule has 35 heavy (non-hydrogen) atoms. The van der Waals surface area contributed by atoms with Crippen LogP contribution in [0, 0.1) is 17.1 Å². The zero-order valence-electron chi connectivity index (χ0n) is 21.1. The van der Waals surface area contributed by atoms with Crippen molar-refractivity contribution in [2.75, 3.05) is 6.61 Å². The molecular formula is C23H32FN5O5Si. The highest BCUT2D eigenvalue weighted by Crippen LogP contribution is 2.51. The Balaban J connectivity index is 1.77. The van der Waals surface area contributed by atoms with Crippen molar-refractivity contribution in [3.05, 3.63) is 29.6 Å². The Morgan fingerprint density at radius 3 is 2.63 bits per heavy atom. The summed E-state index contributed by atoms with van der Waals surface area (Å²) in [6, 6.07) is 3.53. The van der Waals surface area contributed by atoms with Gasteiger partial charge >= 0.3 is 0 Å². The molecule has 2 aromatic rings. The van der Waals surface area contributed by atoms with E-state index in [1.807, 2.05) is 0 Å². The fourth-order valence-electron chi connectivity index (χ4n) is 4.28. The molecule has 4 heterocycles. The molecule has 2 aliphatic heterocycles. The second kappa shape index (κ2) is 8.31. The molecule has 0 saturated carbocycles. The maximum atomic E-state index is 15.1. The van der Waals surface area contributed by atoms with E-state index in [1.165, 1.54) is 16.9 Å². The molecule has 1 amide bonds. The molecule has 0 spiro atoms. The number of nitrogens with two attached hydrogens (primary N) is 1. The van der Waals surface area contributed by atoms with Crippen LogP contribution in [0.4, 0.5) is 4.39 Å². The molecule has 12 heteroatoms. The Morgan fingerprint density at radius 1 is 1.34 bits per heavy atom. The molecule has 4 atom stereocenters. The Morgan fingerprint density at radius 2 is 2.03 bits per heavy atom. The van der Waals surface area contributed by atoms with E-state index in [0.29, 0.717) is 5.69 Å². The number of halogens is 1. The van der Waals surface area contributed by atoms with Crippen LogP contribution >= 0.6 is 0 Å². The number of primary amides is 1. The third kappa shape index (κ3) is 4.36. The third-order valence-electron chi connectivity index (χ3n) is 7.11. The van der Waals surface area contributed by atoms with E-state index in [2.05, 4.69) is 50.0 Å². The van der Waals surface area contributed by atoms with Crippen molar-refractivity contribution in [1.29, 1.82) is 5.26 Å². The van der Waals surface area contributed by atoms with Gasteiger partial charge in [-0.25, -0.2) is 13.9 Å². The predicted molar refractivity (Wildman–Crippen MR) is 125 cm³/mol. The van der Waals surface area contributed by atoms with Crippen molar-refractivity contribution in [2.45, 2.75) is 88.9 Å². The minimum Gasteiger partial charge on any atom is -0.413 e. The number of hydrogen-bond acceptors (Lipinski definition) is 8. The first-order chi connectivity index (χ1) is 16.1. The number of carbonyl (C=O) groups excluding carboxylic acids is 1. The molecule has 0 unspecified atom stereocenters. The first-order valence-corrected chi connectivity index (χ1v) is 14.4. The van der Waals surface area contributed by atoms with Crippen molar-refractivity contribution >= 4 is 19.7 Å². The van der Waals surface area contributed by atoms with Gasteiger partial charge in [0, 0.05) is 6.07 Å². The van der Waals surface area contributed by atoms with Crippen molar-refractivity contribution in [3.63, 3.8) is 0 Å². The monoisotopic (exact) mass is 505 g/mol. The van der Waals surface area contributed by atoms with Crippen LogP contribution < -0.4 is 5.73 Å². The largest absolute Gasteiger partial charge is 0.413 e. The number of ether oxygens (including phenoxy) is 3. The highest BCUT2D eigenvalue weighted by molar-refractivity contribution is 6.74. The second-order valence-corrected chi connectivity index (χ2v) is 15.9. The number of carbonyl (C=O) groups is 1. The van der Waals surface area contributed by atoms with E-state index in [0.717, 1.165) is 0 Å². The third-order valence-corrected chi connectivity index (χ3v) is 11.6. The lowest BCUT2D eigenvalue weighted by molar-refractivity contribution is -0.204. The zero-order chi connectivity index (χ0) is 26.0. The smallest absolute Gasteiger partial charge is 0.223 e. The van der Waals surface area contributed by atoms with Gasteiger partial charge < -0.3 is 24.4 Å². The number of rotatable bonds is 6. The molecule has 0 radical (unpaired) electrons. The van der Waals surface area contributed by atoms with E-state index in [1.54, 1.807) is 13.8 Å². The van der Waals surface area contributed by atoms with Gasteiger partial charge in [0.1, 0.15) is 36.2 Å². The quantitative estimate of drug-likeness (QED) is 0.592. The molecule has 2 aliphatic rings. The summed E-state index contributed by atoms with van der Waals surface area (Å²) >= 11 is 0. The van der Waals surface area contributed by atoms with Crippen molar-refractivity contribution < 1.29 is 27.8 Å². The Bertz CT molecular complexity index is 1200. The minimum absolute atomic E-state index is 0.0200. The molecule has 10 nitrogen and oxygen atoms in total. The van der Waals surface area contributed by atoms with Gasteiger partial charge in [0.15, 0.2) is 19.9 Å². The van der Waals surface area contributed by atoms with Gasteiger partial charge in [0.05, 0.1) is 24.4 Å². The molecule has 2 saturated heterocycles. The molecule has 2 N–H and O–H groups in total. The van der Waals surface area contributed by atoms with Crippen LogP contribution in [-0.4, -0.2) is 59.0 Å². The molecule has 190 valence electrons.